The van der Waals surface area contributed by atoms with E-state index in [1.54, 1.807) is 28.8 Å². The van der Waals surface area contributed by atoms with Crippen molar-refractivity contribution in [1.29, 1.82) is 0 Å². The maximum absolute atomic E-state index is 13.1. The molecule has 3 aromatic carbocycles. The van der Waals surface area contributed by atoms with E-state index < -0.39 is 0 Å². The first-order valence-corrected chi connectivity index (χ1v) is 9.64. The van der Waals surface area contributed by atoms with E-state index in [0.717, 1.165) is 23.1 Å². The van der Waals surface area contributed by atoms with Crippen molar-refractivity contribution in [3.63, 3.8) is 0 Å². The number of hydrogen-bond donors (Lipinski definition) is 1. The van der Waals surface area contributed by atoms with Gasteiger partial charge in [-0.1, -0.05) is 49.4 Å². The Balaban J connectivity index is 1.69. The molecule has 0 aliphatic carbocycles. The van der Waals surface area contributed by atoms with Crippen molar-refractivity contribution in [3.05, 3.63) is 94.8 Å². The van der Waals surface area contributed by atoms with Crippen LogP contribution in [0.25, 0.3) is 22.3 Å². The highest BCUT2D eigenvalue weighted by Crippen LogP contribution is 2.19. The Hall–Kier alpha value is -3.73. The molecule has 1 aromatic heterocycles. The number of hydrogen-bond acceptors (Lipinski definition) is 3. The number of rotatable bonds is 5. The van der Waals surface area contributed by atoms with Crippen LogP contribution in [0, 0.1) is 0 Å². The largest absolute Gasteiger partial charge is 0.322 e. The van der Waals surface area contributed by atoms with Crippen LogP contribution in [0.3, 0.4) is 0 Å². The molecule has 1 amide bonds. The lowest BCUT2D eigenvalue weighted by molar-refractivity contribution is 0.102. The Morgan fingerprint density at radius 3 is 2.34 bits per heavy atom. The first-order valence-electron chi connectivity index (χ1n) is 9.64. The fourth-order valence-corrected chi connectivity index (χ4v) is 3.33. The predicted octanol–water partition coefficient (Wildman–Crippen LogP) is 4.73. The van der Waals surface area contributed by atoms with E-state index in [4.69, 9.17) is 0 Å². The Labute approximate surface area is 168 Å². The molecule has 4 aromatic rings. The lowest BCUT2D eigenvalue weighted by Gasteiger charge is -2.12. The molecule has 1 N–H and O–H groups in total. The minimum absolute atomic E-state index is 0.118. The number of fused-ring (bicyclic) bond motifs is 1. The molecule has 0 fully saturated rings. The van der Waals surface area contributed by atoms with Gasteiger partial charge in [0, 0.05) is 23.4 Å². The van der Waals surface area contributed by atoms with Crippen LogP contribution in [-0.4, -0.2) is 15.5 Å². The van der Waals surface area contributed by atoms with Gasteiger partial charge in [-0.15, -0.1) is 0 Å². The van der Waals surface area contributed by atoms with Gasteiger partial charge in [0.2, 0.25) is 0 Å². The number of carbonyl (C=O) groups excluding carboxylic acids is 1. The third-order valence-corrected chi connectivity index (χ3v) is 4.75. The average Bonchev–Trinajstić information content (AvgIpc) is 2.76. The van der Waals surface area contributed by atoms with Gasteiger partial charge in [0.25, 0.3) is 11.5 Å². The Kier molecular flexibility index (Phi) is 5.20. The Morgan fingerprint density at radius 2 is 1.62 bits per heavy atom. The van der Waals surface area contributed by atoms with Crippen LogP contribution in [0.5, 0.6) is 0 Å². The maximum Gasteiger partial charge on any atom is 0.277 e. The fraction of sp³-hybridized carbons (Fsp3) is 0.125. The second kappa shape index (κ2) is 8.10. The van der Waals surface area contributed by atoms with Crippen molar-refractivity contribution in [2.24, 2.45) is 0 Å². The van der Waals surface area contributed by atoms with Crippen molar-refractivity contribution >= 4 is 22.6 Å². The standard InChI is InChI=1S/C24H21N3O2/c1-2-16-27-21-11-7-6-10-20(21)26-22(24(27)29)17-12-14-18(15-13-17)23(28)25-19-8-4-3-5-9-19/h3-15H,2,16H2,1H3,(H,25,28). The normalized spacial score (nSPS) is 10.8. The van der Waals surface area contributed by atoms with E-state index >= 15 is 0 Å². The molecule has 0 saturated heterocycles. The first-order chi connectivity index (χ1) is 14.2. The molecule has 4 rings (SSSR count). The SMILES string of the molecule is CCCn1c(=O)c(-c2ccc(C(=O)Nc3ccccc3)cc2)nc2ccccc21. The van der Waals surface area contributed by atoms with Gasteiger partial charge < -0.3 is 9.88 Å². The highest BCUT2D eigenvalue weighted by atomic mass is 16.1. The molecule has 0 spiro atoms. The van der Waals surface area contributed by atoms with Gasteiger partial charge in [0.1, 0.15) is 5.69 Å². The molecular formula is C24H21N3O2. The summed E-state index contributed by atoms with van der Waals surface area (Å²) in [6.45, 7) is 2.67. The van der Waals surface area contributed by atoms with Crippen molar-refractivity contribution < 1.29 is 4.79 Å². The lowest BCUT2D eigenvalue weighted by atomic mass is 10.1. The summed E-state index contributed by atoms with van der Waals surface area (Å²) in [6, 6.07) is 23.9. The summed E-state index contributed by atoms with van der Waals surface area (Å²) in [5.41, 5.74) is 3.84. The van der Waals surface area contributed by atoms with Gasteiger partial charge in [-0.05, 0) is 42.8 Å². The predicted molar refractivity (Wildman–Crippen MR) is 116 cm³/mol. The number of benzene rings is 3. The number of carbonyl (C=O) groups is 1. The summed E-state index contributed by atoms with van der Waals surface area (Å²) >= 11 is 0. The minimum atomic E-state index is -0.197. The van der Waals surface area contributed by atoms with Gasteiger partial charge in [0.05, 0.1) is 11.0 Å². The monoisotopic (exact) mass is 383 g/mol. The van der Waals surface area contributed by atoms with Gasteiger partial charge >= 0.3 is 0 Å². The summed E-state index contributed by atoms with van der Waals surface area (Å²) in [5.74, 6) is -0.197. The van der Waals surface area contributed by atoms with E-state index in [1.807, 2.05) is 61.5 Å². The fourth-order valence-electron chi connectivity index (χ4n) is 3.33. The molecule has 0 unspecified atom stereocenters. The summed E-state index contributed by atoms with van der Waals surface area (Å²) in [6.07, 6.45) is 0.853. The molecule has 0 bridgehead atoms. The topological polar surface area (TPSA) is 64.0 Å². The molecule has 29 heavy (non-hydrogen) atoms. The Morgan fingerprint density at radius 1 is 0.931 bits per heavy atom. The number of para-hydroxylation sites is 3. The van der Waals surface area contributed by atoms with E-state index in [0.29, 0.717) is 23.4 Å². The molecule has 5 heteroatoms. The zero-order chi connectivity index (χ0) is 20.2. The van der Waals surface area contributed by atoms with Gasteiger partial charge in [-0.3, -0.25) is 9.59 Å². The van der Waals surface area contributed by atoms with E-state index in [9.17, 15) is 9.59 Å². The molecule has 0 saturated carbocycles. The first kappa shape index (κ1) is 18.6. The number of amides is 1. The van der Waals surface area contributed by atoms with Gasteiger partial charge in [-0.2, -0.15) is 0 Å². The van der Waals surface area contributed by atoms with Crippen LogP contribution in [-0.2, 0) is 6.54 Å². The van der Waals surface area contributed by atoms with E-state index in [2.05, 4.69) is 10.3 Å². The van der Waals surface area contributed by atoms with E-state index in [1.165, 1.54) is 0 Å². The number of nitrogens with one attached hydrogen (secondary N) is 1. The maximum atomic E-state index is 13.1. The lowest BCUT2D eigenvalue weighted by Crippen LogP contribution is -2.23. The minimum Gasteiger partial charge on any atom is -0.322 e. The molecular weight excluding hydrogens is 362 g/mol. The average molecular weight is 383 g/mol. The van der Waals surface area contributed by atoms with Crippen LogP contribution < -0.4 is 10.9 Å². The molecule has 0 aliphatic rings. The van der Waals surface area contributed by atoms with E-state index in [-0.39, 0.29) is 11.5 Å². The number of aryl methyl sites for hydroxylation is 1. The van der Waals surface area contributed by atoms with Crippen LogP contribution in [0.4, 0.5) is 5.69 Å². The van der Waals surface area contributed by atoms with Crippen molar-refractivity contribution in [1.82, 2.24) is 9.55 Å². The molecule has 144 valence electrons. The second-order valence-electron chi connectivity index (χ2n) is 6.80. The quantitative estimate of drug-likeness (QED) is 0.542. The number of nitrogens with zero attached hydrogens (tertiary/aromatic N) is 2. The Bertz CT molecular complexity index is 1210. The van der Waals surface area contributed by atoms with Crippen molar-refractivity contribution in [3.8, 4) is 11.3 Å². The van der Waals surface area contributed by atoms with Gasteiger partial charge in [0.15, 0.2) is 0 Å². The summed E-state index contributed by atoms with van der Waals surface area (Å²) in [4.78, 5) is 30.1. The van der Waals surface area contributed by atoms with Crippen LogP contribution in [0.15, 0.2) is 83.7 Å². The zero-order valence-electron chi connectivity index (χ0n) is 16.1. The van der Waals surface area contributed by atoms with Crippen LogP contribution >= 0.6 is 0 Å². The number of aromatic nitrogens is 2. The second-order valence-corrected chi connectivity index (χ2v) is 6.80. The molecule has 1 heterocycles. The summed E-state index contributed by atoms with van der Waals surface area (Å²) in [7, 11) is 0. The summed E-state index contributed by atoms with van der Waals surface area (Å²) in [5, 5.41) is 2.86. The third-order valence-electron chi connectivity index (χ3n) is 4.75. The van der Waals surface area contributed by atoms with Crippen LogP contribution in [0.2, 0.25) is 0 Å². The van der Waals surface area contributed by atoms with Crippen LogP contribution in [0.1, 0.15) is 23.7 Å². The zero-order valence-corrected chi connectivity index (χ0v) is 16.1. The smallest absolute Gasteiger partial charge is 0.277 e. The van der Waals surface area contributed by atoms with Crippen molar-refractivity contribution in [2.75, 3.05) is 5.32 Å². The van der Waals surface area contributed by atoms with Crippen molar-refractivity contribution in [2.45, 2.75) is 19.9 Å². The highest BCUT2D eigenvalue weighted by Gasteiger charge is 2.13. The third kappa shape index (κ3) is 3.80. The summed E-state index contributed by atoms with van der Waals surface area (Å²) < 4.78 is 1.77. The molecule has 0 aliphatic heterocycles. The number of anilines is 1. The highest BCUT2D eigenvalue weighted by molar-refractivity contribution is 6.04. The molecule has 0 atom stereocenters. The molecule has 5 nitrogen and oxygen atoms in total. The van der Waals surface area contributed by atoms with Gasteiger partial charge in [-0.25, -0.2) is 4.98 Å². The molecule has 0 radical (unpaired) electrons.